The van der Waals surface area contributed by atoms with Gasteiger partial charge in [0.2, 0.25) is 5.91 Å². The Morgan fingerprint density at radius 3 is 2.06 bits per heavy atom. The molecule has 1 aliphatic heterocycles. The second-order valence-corrected chi connectivity index (χ2v) is 9.34. The average molecular weight is 459 g/mol. The van der Waals surface area contributed by atoms with Gasteiger partial charge in [-0.2, -0.15) is 0 Å². The molecule has 1 heterocycles. The molecule has 1 aliphatic rings. The molecule has 0 radical (unpaired) electrons. The van der Waals surface area contributed by atoms with E-state index >= 15 is 0 Å². The molecular weight excluding hydrogens is 432 g/mol. The summed E-state index contributed by atoms with van der Waals surface area (Å²) in [5.41, 5.74) is 2.00. The summed E-state index contributed by atoms with van der Waals surface area (Å²) in [5.74, 6) is -0.102. The molecule has 0 aromatic heterocycles. The maximum absolute atomic E-state index is 12.4. The maximum atomic E-state index is 12.4. The van der Waals surface area contributed by atoms with Crippen LogP contribution in [0.25, 0.3) is 0 Å². The molecule has 2 aromatic carbocycles. The number of hydrogen-bond donors (Lipinski definition) is 2. The van der Waals surface area contributed by atoms with Crippen LogP contribution in [0.1, 0.15) is 31.1 Å². The number of thiocarbonyl (C=S) groups is 1. The standard InChI is InChI=1S/C23H27ClN4O2S/c1-23(2,3)21(30)28-14-12-27(13-15-28)19-10-8-18(9-11-19)25-22(31)26-20(29)16-4-6-17(24)7-5-16/h4-11H,12-15H2,1-3H3,(H2,25,26,29,31). The van der Waals surface area contributed by atoms with Gasteiger partial charge >= 0.3 is 0 Å². The van der Waals surface area contributed by atoms with Crippen molar-refractivity contribution in [3.05, 3.63) is 59.1 Å². The number of halogens is 1. The lowest BCUT2D eigenvalue weighted by Gasteiger charge is -2.38. The van der Waals surface area contributed by atoms with E-state index in [0.717, 1.165) is 37.6 Å². The van der Waals surface area contributed by atoms with Crippen LogP contribution in [-0.4, -0.2) is 48.0 Å². The molecule has 0 aliphatic carbocycles. The molecule has 0 unspecified atom stereocenters. The lowest BCUT2D eigenvalue weighted by Crippen LogP contribution is -2.51. The van der Waals surface area contributed by atoms with Crippen LogP contribution in [0.15, 0.2) is 48.5 Å². The minimum absolute atomic E-state index is 0.195. The minimum atomic E-state index is -0.350. The van der Waals surface area contributed by atoms with Gasteiger partial charge in [0.05, 0.1) is 0 Å². The number of nitrogens with one attached hydrogen (secondary N) is 2. The third-order valence-electron chi connectivity index (χ3n) is 5.03. The van der Waals surface area contributed by atoms with Crippen molar-refractivity contribution in [3.63, 3.8) is 0 Å². The van der Waals surface area contributed by atoms with Crippen molar-refractivity contribution in [2.45, 2.75) is 20.8 Å². The van der Waals surface area contributed by atoms with Crippen molar-refractivity contribution in [2.24, 2.45) is 5.41 Å². The first-order chi connectivity index (χ1) is 14.6. The first kappa shape index (κ1) is 23.0. The Kier molecular flexibility index (Phi) is 7.18. The number of carbonyl (C=O) groups is 2. The number of nitrogens with zero attached hydrogens (tertiary/aromatic N) is 2. The van der Waals surface area contributed by atoms with E-state index < -0.39 is 0 Å². The summed E-state index contributed by atoms with van der Waals surface area (Å²) in [6, 6.07) is 14.5. The largest absolute Gasteiger partial charge is 0.368 e. The van der Waals surface area contributed by atoms with Crippen LogP contribution in [-0.2, 0) is 4.79 Å². The van der Waals surface area contributed by atoms with Crippen molar-refractivity contribution in [3.8, 4) is 0 Å². The fourth-order valence-electron chi connectivity index (χ4n) is 3.34. The highest BCUT2D eigenvalue weighted by atomic mass is 35.5. The zero-order valence-corrected chi connectivity index (χ0v) is 19.5. The van der Waals surface area contributed by atoms with E-state index in [9.17, 15) is 9.59 Å². The van der Waals surface area contributed by atoms with Crippen LogP contribution in [0.5, 0.6) is 0 Å². The smallest absolute Gasteiger partial charge is 0.257 e. The Morgan fingerprint density at radius 1 is 0.935 bits per heavy atom. The highest BCUT2D eigenvalue weighted by Gasteiger charge is 2.29. The first-order valence-electron chi connectivity index (χ1n) is 10.2. The van der Waals surface area contributed by atoms with Gasteiger partial charge in [-0.15, -0.1) is 0 Å². The summed E-state index contributed by atoms with van der Waals surface area (Å²) in [4.78, 5) is 28.9. The molecule has 2 amide bonds. The molecular formula is C23H27ClN4O2S. The second-order valence-electron chi connectivity index (χ2n) is 8.49. The van der Waals surface area contributed by atoms with Crippen LogP contribution in [0.4, 0.5) is 11.4 Å². The molecule has 0 atom stereocenters. The number of piperazine rings is 1. The number of amides is 2. The summed E-state index contributed by atoms with van der Waals surface area (Å²) < 4.78 is 0. The summed E-state index contributed by atoms with van der Waals surface area (Å²) in [6.07, 6.45) is 0. The summed E-state index contributed by atoms with van der Waals surface area (Å²) in [7, 11) is 0. The Balaban J connectivity index is 1.51. The third-order valence-corrected chi connectivity index (χ3v) is 5.49. The third kappa shape index (κ3) is 6.18. The first-order valence-corrected chi connectivity index (χ1v) is 10.9. The molecule has 0 spiro atoms. The van der Waals surface area contributed by atoms with Crippen molar-refractivity contribution in [1.29, 1.82) is 0 Å². The number of anilines is 2. The maximum Gasteiger partial charge on any atom is 0.257 e. The van der Waals surface area contributed by atoms with Crippen LogP contribution in [0, 0.1) is 5.41 Å². The zero-order valence-electron chi connectivity index (χ0n) is 17.9. The highest BCUT2D eigenvalue weighted by Crippen LogP contribution is 2.22. The van der Waals surface area contributed by atoms with E-state index in [1.54, 1.807) is 24.3 Å². The van der Waals surface area contributed by atoms with Gasteiger partial charge in [-0.1, -0.05) is 32.4 Å². The van der Waals surface area contributed by atoms with Gasteiger partial charge in [-0.25, -0.2) is 0 Å². The number of carbonyl (C=O) groups excluding carboxylic acids is 2. The van der Waals surface area contributed by atoms with Crippen molar-refractivity contribution in [2.75, 3.05) is 36.4 Å². The number of rotatable bonds is 3. The van der Waals surface area contributed by atoms with Crippen LogP contribution in [0.3, 0.4) is 0 Å². The van der Waals surface area contributed by atoms with E-state index in [0.29, 0.717) is 10.6 Å². The van der Waals surface area contributed by atoms with Gasteiger partial charge in [0.1, 0.15) is 0 Å². The fraction of sp³-hybridized carbons (Fsp3) is 0.348. The minimum Gasteiger partial charge on any atom is -0.368 e. The van der Waals surface area contributed by atoms with E-state index in [1.165, 1.54) is 0 Å². The van der Waals surface area contributed by atoms with E-state index in [2.05, 4.69) is 15.5 Å². The van der Waals surface area contributed by atoms with Gasteiger partial charge in [0, 0.05) is 53.6 Å². The van der Waals surface area contributed by atoms with E-state index in [-0.39, 0.29) is 22.3 Å². The zero-order chi connectivity index (χ0) is 22.6. The predicted octanol–water partition coefficient (Wildman–Crippen LogP) is 4.16. The van der Waals surface area contributed by atoms with Gasteiger partial charge in [0.15, 0.2) is 5.11 Å². The van der Waals surface area contributed by atoms with Crippen LogP contribution < -0.4 is 15.5 Å². The molecule has 0 saturated carbocycles. The van der Waals surface area contributed by atoms with Gasteiger partial charge < -0.3 is 15.1 Å². The molecule has 1 fully saturated rings. The fourth-order valence-corrected chi connectivity index (χ4v) is 3.67. The number of hydrogen-bond acceptors (Lipinski definition) is 4. The summed E-state index contributed by atoms with van der Waals surface area (Å²) in [5, 5.41) is 6.48. The average Bonchev–Trinajstić information content (AvgIpc) is 2.73. The van der Waals surface area contributed by atoms with Crippen molar-refractivity contribution >= 4 is 52.1 Å². The topological polar surface area (TPSA) is 64.7 Å². The highest BCUT2D eigenvalue weighted by molar-refractivity contribution is 7.80. The molecule has 8 heteroatoms. The van der Waals surface area contributed by atoms with E-state index in [4.69, 9.17) is 23.8 Å². The molecule has 6 nitrogen and oxygen atoms in total. The molecule has 2 aromatic rings. The molecule has 1 saturated heterocycles. The second kappa shape index (κ2) is 9.66. The predicted molar refractivity (Wildman–Crippen MR) is 130 cm³/mol. The summed E-state index contributed by atoms with van der Waals surface area (Å²) >= 11 is 11.1. The SMILES string of the molecule is CC(C)(C)C(=O)N1CCN(c2ccc(NC(=S)NC(=O)c3ccc(Cl)cc3)cc2)CC1. The molecule has 0 bridgehead atoms. The Bertz CT molecular complexity index is 947. The number of benzene rings is 2. The van der Waals surface area contributed by atoms with Crippen LogP contribution >= 0.6 is 23.8 Å². The molecule has 31 heavy (non-hydrogen) atoms. The summed E-state index contributed by atoms with van der Waals surface area (Å²) in [6.45, 7) is 8.89. The lowest BCUT2D eigenvalue weighted by molar-refractivity contribution is -0.139. The van der Waals surface area contributed by atoms with Gasteiger partial charge in [0.25, 0.3) is 5.91 Å². The molecule has 2 N–H and O–H groups in total. The Morgan fingerprint density at radius 2 is 1.52 bits per heavy atom. The lowest BCUT2D eigenvalue weighted by atomic mass is 9.94. The van der Waals surface area contributed by atoms with Gasteiger partial charge in [-0.05, 0) is 60.7 Å². The Hall–Kier alpha value is -2.64. The normalized spacial score (nSPS) is 14.2. The molecule has 164 valence electrons. The van der Waals surface area contributed by atoms with Crippen molar-refractivity contribution in [1.82, 2.24) is 10.2 Å². The van der Waals surface area contributed by atoms with Gasteiger partial charge in [-0.3, -0.25) is 14.9 Å². The monoisotopic (exact) mass is 458 g/mol. The van der Waals surface area contributed by atoms with Crippen LogP contribution in [0.2, 0.25) is 5.02 Å². The molecule has 3 rings (SSSR count). The van der Waals surface area contributed by atoms with Crippen molar-refractivity contribution < 1.29 is 9.59 Å². The quantitative estimate of drug-likeness (QED) is 0.676. The Labute approximate surface area is 193 Å². The van der Waals surface area contributed by atoms with E-state index in [1.807, 2.05) is 49.9 Å².